The van der Waals surface area contributed by atoms with Crippen LogP contribution in [0.15, 0.2) is 47.1 Å². The first-order valence-corrected chi connectivity index (χ1v) is 8.48. The third kappa shape index (κ3) is 2.60. The molecule has 2 amide bonds. The smallest absolute Gasteiger partial charge is 0.268 e. The van der Waals surface area contributed by atoms with E-state index in [0.29, 0.717) is 4.47 Å². The Labute approximate surface area is 163 Å². The summed E-state index contributed by atoms with van der Waals surface area (Å²) in [5, 5.41) is 22.7. The molecule has 4 rings (SSSR count). The highest BCUT2D eigenvalue weighted by Crippen LogP contribution is 2.37. The number of pyridine rings is 1. The van der Waals surface area contributed by atoms with Crippen LogP contribution in [0.4, 0.5) is 17.2 Å². The molecule has 0 N–H and O–H groups in total. The van der Waals surface area contributed by atoms with Gasteiger partial charge in [-0.25, -0.2) is 9.88 Å². The van der Waals surface area contributed by atoms with Crippen molar-refractivity contribution in [3.63, 3.8) is 0 Å². The number of nitro groups is 2. The van der Waals surface area contributed by atoms with Crippen LogP contribution in [0.25, 0.3) is 10.8 Å². The number of imide groups is 1. The zero-order valence-electron chi connectivity index (χ0n) is 13.7. The van der Waals surface area contributed by atoms with Gasteiger partial charge < -0.3 is 0 Å². The molecule has 0 bridgehead atoms. The summed E-state index contributed by atoms with van der Waals surface area (Å²) < 4.78 is 0.613. The highest BCUT2D eigenvalue weighted by Gasteiger charge is 2.37. The number of hydrogen-bond donors (Lipinski definition) is 0. The van der Waals surface area contributed by atoms with E-state index in [-0.39, 0.29) is 27.7 Å². The van der Waals surface area contributed by atoms with Crippen LogP contribution in [0.2, 0.25) is 0 Å². The van der Waals surface area contributed by atoms with Gasteiger partial charge in [-0.1, -0.05) is 0 Å². The number of anilines is 1. The summed E-state index contributed by atoms with van der Waals surface area (Å²) in [5.74, 6) is -1.60. The zero-order valence-corrected chi connectivity index (χ0v) is 15.2. The summed E-state index contributed by atoms with van der Waals surface area (Å²) in [6.07, 6.45) is 1.38. The first kappa shape index (κ1) is 17.7. The maximum absolute atomic E-state index is 13.0. The van der Waals surface area contributed by atoms with Crippen molar-refractivity contribution in [2.24, 2.45) is 0 Å². The number of benzene rings is 2. The second-order valence-corrected chi connectivity index (χ2v) is 6.79. The van der Waals surface area contributed by atoms with Crippen molar-refractivity contribution < 1.29 is 19.4 Å². The van der Waals surface area contributed by atoms with Gasteiger partial charge in [0.2, 0.25) is 0 Å². The van der Waals surface area contributed by atoms with Crippen molar-refractivity contribution in [3.8, 4) is 0 Å². The van der Waals surface area contributed by atoms with Crippen LogP contribution >= 0.6 is 15.9 Å². The van der Waals surface area contributed by atoms with E-state index in [2.05, 4.69) is 20.9 Å². The van der Waals surface area contributed by atoms with Gasteiger partial charge in [0.15, 0.2) is 0 Å². The molecule has 0 unspecified atom stereocenters. The highest BCUT2D eigenvalue weighted by molar-refractivity contribution is 9.10. The van der Waals surface area contributed by atoms with Gasteiger partial charge >= 0.3 is 0 Å². The number of amides is 2. The van der Waals surface area contributed by atoms with Crippen LogP contribution in [0.3, 0.4) is 0 Å². The van der Waals surface area contributed by atoms with Crippen molar-refractivity contribution in [1.29, 1.82) is 0 Å². The molecule has 1 aliphatic heterocycles. The largest absolute Gasteiger partial charge is 0.270 e. The average Bonchev–Trinajstić information content (AvgIpc) is 2.66. The molecule has 1 aliphatic rings. The quantitative estimate of drug-likeness (QED) is 0.343. The molecule has 10 nitrogen and oxygen atoms in total. The molecule has 0 saturated heterocycles. The predicted molar refractivity (Wildman–Crippen MR) is 100 cm³/mol. The fourth-order valence-electron chi connectivity index (χ4n) is 3.07. The number of aromatic nitrogens is 1. The van der Waals surface area contributed by atoms with Crippen LogP contribution in [0, 0.1) is 20.2 Å². The van der Waals surface area contributed by atoms with E-state index in [1.807, 2.05) is 0 Å². The fourth-order valence-corrected chi connectivity index (χ4v) is 3.31. The van der Waals surface area contributed by atoms with Gasteiger partial charge in [-0.15, -0.1) is 0 Å². The lowest BCUT2D eigenvalue weighted by Crippen LogP contribution is -2.41. The van der Waals surface area contributed by atoms with E-state index in [9.17, 15) is 29.8 Å². The minimum Gasteiger partial charge on any atom is -0.268 e. The lowest BCUT2D eigenvalue weighted by molar-refractivity contribution is -0.385. The lowest BCUT2D eigenvalue weighted by atomic mass is 9.92. The Bertz CT molecular complexity index is 1160. The van der Waals surface area contributed by atoms with E-state index in [1.165, 1.54) is 12.3 Å². The van der Waals surface area contributed by atoms with Crippen molar-refractivity contribution >= 4 is 55.7 Å². The minimum atomic E-state index is -0.796. The molecule has 1 aromatic heterocycles. The Morgan fingerprint density at radius 3 is 1.86 bits per heavy atom. The maximum atomic E-state index is 13.0. The molecule has 0 spiro atoms. The van der Waals surface area contributed by atoms with Crippen LogP contribution < -0.4 is 4.90 Å². The number of nitrogens with zero attached hydrogens (tertiary/aromatic N) is 4. The minimum absolute atomic E-state index is 0.00462. The Morgan fingerprint density at radius 1 is 0.893 bits per heavy atom. The van der Waals surface area contributed by atoms with E-state index in [4.69, 9.17) is 0 Å². The van der Waals surface area contributed by atoms with Crippen LogP contribution in [-0.4, -0.2) is 26.6 Å². The molecule has 3 aromatic rings. The van der Waals surface area contributed by atoms with Gasteiger partial charge in [0.25, 0.3) is 23.2 Å². The molecule has 0 radical (unpaired) electrons. The number of nitro benzene ring substituents is 2. The molecule has 2 aromatic carbocycles. The Kier molecular flexibility index (Phi) is 3.89. The normalized spacial score (nSPS) is 13.1. The average molecular weight is 443 g/mol. The number of carbonyl (C=O) groups is 2. The number of non-ortho nitro benzene ring substituents is 2. The number of halogens is 1. The van der Waals surface area contributed by atoms with Crippen molar-refractivity contribution in [1.82, 2.24) is 4.98 Å². The van der Waals surface area contributed by atoms with Gasteiger partial charge in [0.1, 0.15) is 5.82 Å². The summed E-state index contributed by atoms with van der Waals surface area (Å²) in [5.41, 5.74) is -1.03. The Hall–Kier alpha value is -3.73. The third-order valence-electron chi connectivity index (χ3n) is 4.25. The fraction of sp³-hybridized carbons (Fsp3) is 0. The first-order chi connectivity index (χ1) is 13.3. The number of rotatable bonds is 3. The van der Waals surface area contributed by atoms with Crippen LogP contribution in [-0.2, 0) is 0 Å². The SMILES string of the molecule is O=C1c2cc([N+](=O)[O-])cc3cc([N+](=O)[O-])cc(c23)C(=O)N1c1ccc(Br)cn1. The second-order valence-electron chi connectivity index (χ2n) is 5.88. The molecule has 138 valence electrons. The first-order valence-electron chi connectivity index (χ1n) is 7.69. The van der Waals surface area contributed by atoms with Gasteiger partial charge in [-0.3, -0.25) is 29.8 Å². The molecule has 0 saturated carbocycles. The summed E-state index contributed by atoms with van der Waals surface area (Å²) >= 11 is 3.20. The standard InChI is InChI=1S/C17H7BrN4O6/c18-9-1-2-14(19-7-9)20-16(23)12-5-10(21(25)26)3-8-4-11(22(27)28)6-13(15(8)12)17(20)24/h1-7H. The van der Waals surface area contributed by atoms with Gasteiger partial charge in [-0.2, -0.15) is 0 Å². The van der Waals surface area contributed by atoms with Gasteiger partial charge in [0, 0.05) is 40.3 Å². The molecule has 28 heavy (non-hydrogen) atoms. The Morgan fingerprint density at radius 2 is 1.43 bits per heavy atom. The van der Waals surface area contributed by atoms with E-state index < -0.39 is 33.0 Å². The summed E-state index contributed by atoms with van der Waals surface area (Å²) in [6.45, 7) is 0. The summed E-state index contributed by atoms with van der Waals surface area (Å²) in [7, 11) is 0. The molecular weight excluding hydrogens is 436 g/mol. The summed E-state index contributed by atoms with van der Waals surface area (Å²) in [6, 6.07) is 7.29. The van der Waals surface area contributed by atoms with Gasteiger partial charge in [0.05, 0.1) is 21.0 Å². The van der Waals surface area contributed by atoms with Crippen molar-refractivity contribution in [2.45, 2.75) is 0 Å². The monoisotopic (exact) mass is 442 g/mol. The van der Waals surface area contributed by atoms with E-state index in [0.717, 1.165) is 29.2 Å². The van der Waals surface area contributed by atoms with Gasteiger partial charge in [-0.05, 0) is 33.4 Å². The Balaban J connectivity index is 2.05. The second kappa shape index (κ2) is 6.16. The highest BCUT2D eigenvalue weighted by atomic mass is 79.9. The molecule has 0 atom stereocenters. The molecule has 11 heteroatoms. The molecule has 2 heterocycles. The van der Waals surface area contributed by atoms with Crippen molar-refractivity contribution in [2.75, 3.05) is 4.90 Å². The third-order valence-corrected chi connectivity index (χ3v) is 4.72. The molecule has 0 aliphatic carbocycles. The number of carbonyl (C=O) groups excluding carboxylic acids is 2. The van der Waals surface area contributed by atoms with E-state index in [1.54, 1.807) is 6.07 Å². The van der Waals surface area contributed by atoms with Crippen LogP contribution in [0.1, 0.15) is 20.7 Å². The topological polar surface area (TPSA) is 137 Å². The number of hydrogen-bond acceptors (Lipinski definition) is 7. The predicted octanol–water partition coefficient (Wildman–Crippen LogP) is 3.61. The maximum Gasteiger partial charge on any atom is 0.270 e. The van der Waals surface area contributed by atoms with E-state index >= 15 is 0 Å². The van der Waals surface area contributed by atoms with Crippen LogP contribution in [0.5, 0.6) is 0 Å². The summed E-state index contributed by atoms with van der Waals surface area (Å²) in [4.78, 5) is 51.8. The molecule has 0 fully saturated rings. The zero-order chi connectivity index (χ0) is 20.2. The van der Waals surface area contributed by atoms with Crippen molar-refractivity contribution in [3.05, 3.63) is 78.4 Å². The molecular formula is C17H7BrN4O6. The lowest BCUT2D eigenvalue weighted by Gasteiger charge is -2.26.